The third-order valence-electron chi connectivity index (χ3n) is 2.60. The van der Waals surface area contributed by atoms with Crippen molar-refractivity contribution in [3.63, 3.8) is 0 Å². The van der Waals surface area contributed by atoms with Crippen molar-refractivity contribution in [3.05, 3.63) is 49.8 Å². The molecule has 90 valence electrons. The molecular weight excluding hydrogens is 424 g/mol. The minimum Gasteiger partial charge on any atom is -0.338 e. The van der Waals surface area contributed by atoms with Crippen LogP contribution in [0.15, 0.2) is 49.8 Å². The van der Waals surface area contributed by atoms with E-state index in [1.807, 2.05) is 36.4 Å². The predicted octanol–water partition coefficient (Wildman–Crippen LogP) is 5.52. The predicted molar refractivity (Wildman–Crippen MR) is 84.6 cm³/mol. The molecule has 0 spiro atoms. The van der Waals surface area contributed by atoms with Crippen molar-refractivity contribution in [2.24, 2.45) is 0 Å². The molecule has 0 aliphatic rings. The molecule has 0 bridgehead atoms. The first-order valence-electron chi connectivity index (χ1n) is 5.24. The molecule has 3 aromatic rings. The molecule has 18 heavy (non-hydrogen) atoms. The first kappa shape index (κ1) is 12.4. The molecule has 5 heteroatoms. The van der Waals surface area contributed by atoms with Gasteiger partial charge in [0.25, 0.3) is 0 Å². The zero-order valence-corrected chi connectivity index (χ0v) is 13.8. The van der Waals surface area contributed by atoms with Crippen molar-refractivity contribution in [2.75, 3.05) is 0 Å². The quantitative estimate of drug-likeness (QED) is 0.541. The number of rotatable bonds is 1. The number of nitrogens with zero attached hydrogens (tertiary/aromatic N) is 1. The Morgan fingerprint density at radius 2 is 1.78 bits per heavy atom. The summed E-state index contributed by atoms with van der Waals surface area (Å²) in [6.45, 7) is 0. The normalized spacial score (nSPS) is 11.1. The van der Waals surface area contributed by atoms with Gasteiger partial charge in [-0.3, -0.25) is 0 Å². The highest BCUT2D eigenvalue weighted by Gasteiger charge is 2.09. The van der Waals surface area contributed by atoms with Gasteiger partial charge in [-0.05, 0) is 40.2 Å². The first-order chi connectivity index (χ1) is 8.63. The molecule has 0 aliphatic carbocycles. The standard InChI is InChI=1S/C13H7Br3N2/c14-8-3-1-2-7(4-8)13-17-11-6-9(15)5-10(16)12(11)18-13/h1-6H,(H,17,18). The second-order valence-electron chi connectivity index (χ2n) is 3.88. The largest absolute Gasteiger partial charge is 0.338 e. The Morgan fingerprint density at radius 3 is 2.56 bits per heavy atom. The maximum absolute atomic E-state index is 4.62. The van der Waals surface area contributed by atoms with Crippen LogP contribution >= 0.6 is 47.8 Å². The molecule has 1 N–H and O–H groups in total. The van der Waals surface area contributed by atoms with E-state index in [0.717, 1.165) is 35.8 Å². The van der Waals surface area contributed by atoms with Gasteiger partial charge in [0.1, 0.15) is 11.3 Å². The molecule has 0 saturated heterocycles. The van der Waals surface area contributed by atoms with Crippen molar-refractivity contribution in [1.29, 1.82) is 0 Å². The second kappa shape index (κ2) is 4.79. The fourth-order valence-corrected chi connectivity index (χ4v) is 3.53. The van der Waals surface area contributed by atoms with Gasteiger partial charge >= 0.3 is 0 Å². The van der Waals surface area contributed by atoms with Crippen LogP contribution in [0.5, 0.6) is 0 Å². The zero-order chi connectivity index (χ0) is 12.7. The number of nitrogens with one attached hydrogen (secondary N) is 1. The van der Waals surface area contributed by atoms with Crippen LogP contribution in [0.1, 0.15) is 0 Å². The molecule has 0 atom stereocenters. The summed E-state index contributed by atoms with van der Waals surface area (Å²) in [4.78, 5) is 7.95. The highest BCUT2D eigenvalue weighted by atomic mass is 79.9. The van der Waals surface area contributed by atoms with E-state index in [0.29, 0.717) is 0 Å². The summed E-state index contributed by atoms with van der Waals surface area (Å²) in [7, 11) is 0. The monoisotopic (exact) mass is 428 g/mol. The summed E-state index contributed by atoms with van der Waals surface area (Å²) in [5, 5.41) is 0. The lowest BCUT2D eigenvalue weighted by Gasteiger charge is -1.96. The van der Waals surface area contributed by atoms with Gasteiger partial charge in [0.15, 0.2) is 0 Å². The van der Waals surface area contributed by atoms with E-state index in [2.05, 4.69) is 57.8 Å². The lowest BCUT2D eigenvalue weighted by molar-refractivity contribution is 1.33. The van der Waals surface area contributed by atoms with E-state index < -0.39 is 0 Å². The number of halogens is 3. The number of fused-ring (bicyclic) bond motifs is 1. The average Bonchev–Trinajstić information content (AvgIpc) is 2.73. The molecule has 0 aliphatic heterocycles. The van der Waals surface area contributed by atoms with Crippen LogP contribution in [-0.4, -0.2) is 9.97 Å². The van der Waals surface area contributed by atoms with Crippen molar-refractivity contribution in [2.45, 2.75) is 0 Å². The van der Waals surface area contributed by atoms with Crippen molar-refractivity contribution in [1.82, 2.24) is 9.97 Å². The lowest BCUT2D eigenvalue weighted by Crippen LogP contribution is -1.79. The van der Waals surface area contributed by atoms with E-state index in [1.54, 1.807) is 0 Å². The van der Waals surface area contributed by atoms with Gasteiger partial charge in [0, 0.05) is 19.0 Å². The number of hydrogen-bond donors (Lipinski definition) is 1. The Bertz CT molecular complexity index is 734. The Hall–Kier alpha value is -0.650. The summed E-state index contributed by atoms with van der Waals surface area (Å²) >= 11 is 10.5. The Balaban J connectivity index is 2.22. The molecule has 0 radical (unpaired) electrons. The van der Waals surface area contributed by atoms with Crippen molar-refractivity contribution in [3.8, 4) is 11.4 Å². The number of aromatic amines is 1. The Labute approximate surface area is 129 Å². The maximum atomic E-state index is 4.62. The van der Waals surface area contributed by atoms with Crippen LogP contribution in [-0.2, 0) is 0 Å². The summed E-state index contributed by atoms with van der Waals surface area (Å²) < 4.78 is 3.04. The van der Waals surface area contributed by atoms with Gasteiger partial charge in [-0.1, -0.05) is 44.0 Å². The maximum Gasteiger partial charge on any atom is 0.138 e. The van der Waals surface area contributed by atoms with Gasteiger partial charge in [0.2, 0.25) is 0 Å². The third-order valence-corrected chi connectivity index (χ3v) is 4.16. The van der Waals surface area contributed by atoms with Crippen LogP contribution < -0.4 is 0 Å². The molecule has 0 fully saturated rings. The first-order valence-corrected chi connectivity index (χ1v) is 7.62. The van der Waals surface area contributed by atoms with Crippen LogP contribution in [0.2, 0.25) is 0 Å². The van der Waals surface area contributed by atoms with Gasteiger partial charge < -0.3 is 4.98 Å². The molecule has 3 rings (SSSR count). The molecule has 2 nitrogen and oxygen atoms in total. The minimum atomic E-state index is 0.866. The van der Waals surface area contributed by atoms with E-state index in [-0.39, 0.29) is 0 Å². The Morgan fingerprint density at radius 1 is 0.944 bits per heavy atom. The minimum absolute atomic E-state index is 0.866. The van der Waals surface area contributed by atoms with E-state index in [4.69, 9.17) is 0 Å². The van der Waals surface area contributed by atoms with Crippen LogP contribution in [0.3, 0.4) is 0 Å². The number of H-pyrrole nitrogens is 1. The molecule has 1 heterocycles. The number of benzene rings is 2. The number of hydrogen-bond acceptors (Lipinski definition) is 1. The topological polar surface area (TPSA) is 28.7 Å². The van der Waals surface area contributed by atoms with Gasteiger partial charge in [-0.2, -0.15) is 0 Å². The van der Waals surface area contributed by atoms with Gasteiger partial charge in [0.05, 0.1) is 5.52 Å². The van der Waals surface area contributed by atoms with Crippen LogP contribution in [0.4, 0.5) is 0 Å². The highest BCUT2D eigenvalue weighted by molar-refractivity contribution is 9.11. The molecule has 0 unspecified atom stereocenters. The summed E-state index contributed by atoms with van der Waals surface area (Å²) in [5.74, 6) is 0.866. The molecule has 0 saturated carbocycles. The smallest absolute Gasteiger partial charge is 0.138 e. The molecule has 1 aromatic heterocycles. The van der Waals surface area contributed by atoms with E-state index >= 15 is 0 Å². The highest BCUT2D eigenvalue weighted by Crippen LogP contribution is 2.30. The molecular formula is C13H7Br3N2. The number of imidazole rings is 1. The summed E-state index contributed by atoms with van der Waals surface area (Å²) in [6, 6.07) is 12.1. The second-order valence-corrected chi connectivity index (χ2v) is 6.57. The van der Waals surface area contributed by atoms with Crippen LogP contribution in [0, 0.1) is 0 Å². The van der Waals surface area contributed by atoms with E-state index in [1.165, 1.54) is 0 Å². The SMILES string of the molecule is Brc1cccc(-c2nc3c(Br)cc(Br)cc3[nH]2)c1. The van der Waals surface area contributed by atoms with Crippen LogP contribution in [0.25, 0.3) is 22.4 Å². The van der Waals surface area contributed by atoms with Gasteiger partial charge in [-0.25, -0.2) is 4.98 Å². The molecule has 0 amide bonds. The van der Waals surface area contributed by atoms with Crippen molar-refractivity contribution >= 4 is 58.8 Å². The fourth-order valence-electron chi connectivity index (χ4n) is 1.81. The summed E-state index contributed by atoms with van der Waals surface area (Å²) in [6.07, 6.45) is 0. The number of aromatic nitrogens is 2. The third kappa shape index (κ3) is 2.27. The van der Waals surface area contributed by atoms with Gasteiger partial charge in [-0.15, -0.1) is 0 Å². The van der Waals surface area contributed by atoms with E-state index in [9.17, 15) is 0 Å². The summed E-state index contributed by atoms with van der Waals surface area (Å²) in [5.41, 5.74) is 3.00. The fraction of sp³-hybridized carbons (Fsp3) is 0. The zero-order valence-electron chi connectivity index (χ0n) is 9.05. The Kier molecular flexibility index (Phi) is 3.30. The molecule has 2 aromatic carbocycles. The average molecular weight is 431 g/mol. The lowest BCUT2D eigenvalue weighted by atomic mass is 10.2. The van der Waals surface area contributed by atoms with Crippen molar-refractivity contribution < 1.29 is 0 Å².